The van der Waals surface area contributed by atoms with Crippen LogP contribution >= 0.6 is 11.8 Å². The molecule has 17 heavy (non-hydrogen) atoms. The van der Waals surface area contributed by atoms with Gasteiger partial charge in [0.1, 0.15) is 0 Å². The zero-order valence-electron chi connectivity index (χ0n) is 11.7. The van der Waals surface area contributed by atoms with Crippen LogP contribution < -0.4 is 5.73 Å². The highest BCUT2D eigenvalue weighted by molar-refractivity contribution is 7.99. The molecule has 1 aliphatic carbocycles. The van der Waals surface area contributed by atoms with Crippen molar-refractivity contribution in [3.8, 4) is 0 Å². The molecule has 1 saturated carbocycles. The summed E-state index contributed by atoms with van der Waals surface area (Å²) in [6.45, 7) is 6.05. The van der Waals surface area contributed by atoms with Crippen molar-refractivity contribution < 1.29 is 4.79 Å². The Hall–Kier alpha value is -0.220. The highest BCUT2D eigenvalue weighted by Crippen LogP contribution is 2.32. The number of hydrogen-bond acceptors (Lipinski definition) is 3. The third-order valence-electron chi connectivity index (χ3n) is 3.76. The van der Waals surface area contributed by atoms with Crippen LogP contribution in [0.5, 0.6) is 0 Å². The van der Waals surface area contributed by atoms with Crippen molar-refractivity contribution in [2.45, 2.75) is 57.4 Å². The molecule has 0 radical (unpaired) electrons. The minimum atomic E-state index is -0.407. The molecule has 0 aromatic heterocycles. The molecule has 1 fully saturated rings. The maximum Gasteiger partial charge on any atom is 0.240 e. The predicted octanol–water partition coefficient (Wildman–Crippen LogP) is 2.10. The van der Waals surface area contributed by atoms with Gasteiger partial charge < -0.3 is 10.6 Å². The van der Waals surface area contributed by atoms with E-state index in [0.717, 1.165) is 6.42 Å². The van der Waals surface area contributed by atoms with Gasteiger partial charge in [-0.3, -0.25) is 4.79 Å². The van der Waals surface area contributed by atoms with Crippen molar-refractivity contribution in [3.63, 3.8) is 0 Å². The van der Waals surface area contributed by atoms with Gasteiger partial charge in [0.25, 0.3) is 0 Å². The Morgan fingerprint density at radius 3 is 2.47 bits per heavy atom. The highest BCUT2D eigenvalue weighted by Gasteiger charge is 2.36. The number of rotatable bonds is 3. The van der Waals surface area contributed by atoms with Gasteiger partial charge in [0.2, 0.25) is 5.91 Å². The van der Waals surface area contributed by atoms with E-state index >= 15 is 0 Å². The number of likely N-dealkylation sites (N-methyl/N-ethyl adjacent to an activating group) is 1. The zero-order valence-corrected chi connectivity index (χ0v) is 12.5. The molecule has 0 aliphatic heterocycles. The highest BCUT2D eigenvalue weighted by atomic mass is 32.2. The summed E-state index contributed by atoms with van der Waals surface area (Å²) in [6, 6.07) is -0.0403. The van der Waals surface area contributed by atoms with Gasteiger partial charge in [0, 0.05) is 18.3 Å². The second-order valence-corrected chi connectivity index (χ2v) is 7.14. The van der Waals surface area contributed by atoms with Crippen molar-refractivity contribution in [1.82, 2.24) is 4.90 Å². The quantitative estimate of drug-likeness (QED) is 0.843. The van der Waals surface area contributed by atoms with Crippen LogP contribution in [0.4, 0.5) is 0 Å². The molecule has 2 N–H and O–H groups in total. The van der Waals surface area contributed by atoms with Gasteiger partial charge in [-0.25, -0.2) is 0 Å². The van der Waals surface area contributed by atoms with Crippen LogP contribution in [0.3, 0.4) is 0 Å². The van der Waals surface area contributed by atoms with Crippen molar-refractivity contribution in [1.29, 1.82) is 0 Å². The van der Waals surface area contributed by atoms with Crippen LogP contribution in [-0.2, 0) is 4.79 Å². The van der Waals surface area contributed by atoms with E-state index in [1.807, 2.05) is 44.5 Å². The molecule has 4 heteroatoms. The third-order valence-corrected chi connectivity index (χ3v) is 4.92. The van der Waals surface area contributed by atoms with Gasteiger partial charge in [-0.2, -0.15) is 11.8 Å². The fraction of sp³-hybridized carbons (Fsp3) is 0.923. The van der Waals surface area contributed by atoms with E-state index < -0.39 is 6.04 Å². The van der Waals surface area contributed by atoms with Crippen LogP contribution in [-0.4, -0.2) is 41.4 Å². The number of hydrogen-bond donors (Lipinski definition) is 1. The molecule has 0 aromatic rings. The lowest BCUT2D eigenvalue weighted by Gasteiger charge is -2.35. The number of nitrogens with zero attached hydrogens (tertiary/aromatic N) is 1. The molecule has 100 valence electrons. The molecule has 0 spiro atoms. The van der Waals surface area contributed by atoms with Gasteiger partial charge >= 0.3 is 0 Å². The smallest absolute Gasteiger partial charge is 0.240 e. The largest absolute Gasteiger partial charge is 0.340 e. The van der Waals surface area contributed by atoms with E-state index in [0.29, 0.717) is 11.3 Å². The molecule has 2 unspecified atom stereocenters. The van der Waals surface area contributed by atoms with Gasteiger partial charge in [0.05, 0.1) is 6.04 Å². The second kappa shape index (κ2) is 5.61. The minimum Gasteiger partial charge on any atom is -0.340 e. The Morgan fingerprint density at radius 2 is 2.00 bits per heavy atom. The Morgan fingerprint density at radius 1 is 1.41 bits per heavy atom. The van der Waals surface area contributed by atoms with Crippen molar-refractivity contribution in [2.24, 2.45) is 11.1 Å². The number of thioether (sulfide) groups is 1. The molecular weight excluding hydrogens is 232 g/mol. The third kappa shape index (κ3) is 3.38. The van der Waals surface area contributed by atoms with E-state index in [9.17, 15) is 4.79 Å². The van der Waals surface area contributed by atoms with E-state index in [2.05, 4.69) is 6.26 Å². The zero-order chi connectivity index (χ0) is 13.2. The average molecular weight is 258 g/mol. The Labute approximate surface area is 109 Å². The SMILES string of the molecule is CSC1CCCC1N(C)C(=O)[C@@H](N)C(C)(C)C. The average Bonchev–Trinajstić information content (AvgIpc) is 2.72. The summed E-state index contributed by atoms with van der Waals surface area (Å²) >= 11 is 1.87. The summed E-state index contributed by atoms with van der Waals surface area (Å²) in [5, 5.41) is 0.580. The first-order valence-corrected chi connectivity index (χ1v) is 7.63. The Bertz CT molecular complexity index is 275. The molecule has 0 saturated heterocycles. The van der Waals surface area contributed by atoms with E-state index in [4.69, 9.17) is 5.73 Å². The topological polar surface area (TPSA) is 46.3 Å². The first-order valence-electron chi connectivity index (χ1n) is 6.34. The Balaban J connectivity index is 2.69. The molecular formula is C13H26N2OS. The molecule has 0 aromatic carbocycles. The van der Waals surface area contributed by atoms with Crippen LogP contribution in [0, 0.1) is 5.41 Å². The van der Waals surface area contributed by atoms with Crippen LogP contribution in [0.1, 0.15) is 40.0 Å². The number of nitrogens with two attached hydrogens (primary N) is 1. The maximum absolute atomic E-state index is 12.3. The molecule has 3 nitrogen and oxygen atoms in total. The molecule has 3 atom stereocenters. The number of carbonyl (C=O) groups is 1. The summed E-state index contributed by atoms with van der Waals surface area (Å²) in [5.41, 5.74) is 5.88. The van der Waals surface area contributed by atoms with Gasteiger partial charge in [-0.1, -0.05) is 27.2 Å². The van der Waals surface area contributed by atoms with Crippen molar-refractivity contribution in [2.75, 3.05) is 13.3 Å². The molecule has 1 amide bonds. The lowest BCUT2D eigenvalue weighted by atomic mass is 9.86. The number of amides is 1. The number of carbonyl (C=O) groups excluding carboxylic acids is 1. The Kier molecular flexibility index (Phi) is 4.90. The maximum atomic E-state index is 12.3. The van der Waals surface area contributed by atoms with Crippen molar-refractivity contribution in [3.05, 3.63) is 0 Å². The van der Waals surface area contributed by atoms with Gasteiger partial charge in [0.15, 0.2) is 0 Å². The monoisotopic (exact) mass is 258 g/mol. The van der Waals surface area contributed by atoms with Gasteiger partial charge in [-0.15, -0.1) is 0 Å². The molecule has 0 heterocycles. The first-order chi connectivity index (χ1) is 7.79. The summed E-state index contributed by atoms with van der Waals surface area (Å²) in [5.74, 6) is 0.0865. The first kappa shape index (κ1) is 14.8. The van der Waals surface area contributed by atoms with Crippen LogP contribution in [0.25, 0.3) is 0 Å². The second-order valence-electron chi connectivity index (χ2n) is 6.07. The summed E-state index contributed by atoms with van der Waals surface area (Å²) in [6.07, 6.45) is 5.68. The molecule has 0 bridgehead atoms. The molecule has 1 rings (SSSR count). The van der Waals surface area contributed by atoms with E-state index in [1.54, 1.807) is 0 Å². The lowest BCUT2D eigenvalue weighted by Crippen LogP contribution is -2.53. The summed E-state index contributed by atoms with van der Waals surface area (Å²) in [4.78, 5) is 14.2. The minimum absolute atomic E-state index is 0.0865. The summed E-state index contributed by atoms with van der Waals surface area (Å²) < 4.78 is 0. The fourth-order valence-corrected chi connectivity index (χ4v) is 3.41. The predicted molar refractivity (Wildman–Crippen MR) is 75.1 cm³/mol. The van der Waals surface area contributed by atoms with Crippen LogP contribution in [0.15, 0.2) is 0 Å². The molecule has 1 aliphatic rings. The van der Waals surface area contributed by atoms with Crippen molar-refractivity contribution >= 4 is 17.7 Å². The lowest BCUT2D eigenvalue weighted by molar-refractivity contribution is -0.135. The normalized spacial score (nSPS) is 26.9. The fourth-order valence-electron chi connectivity index (χ4n) is 2.38. The summed E-state index contributed by atoms with van der Waals surface area (Å²) in [7, 11) is 1.91. The van der Waals surface area contributed by atoms with Crippen LogP contribution in [0.2, 0.25) is 0 Å². The van der Waals surface area contributed by atoms with E-state index in [1.165, 1.54) is 12.8 Å². The van der Waals surface area contributed by atoms with E-state index in [-0.39, 0.29) is 11.3 Å². The standard InChI is InChI=1S/C13H26N2OS/c1-13(2,3)11(14)12(16)15(4)9-7-6-8-10(9)17-5/h9-11H,6-8,14H2,1-5H3/t9?,10?,11-/m1/s1. The van der Waals surface area contributed by atoms with Gasteiger partial charge in [-0.05, 0) is 24.5 Å².